The van der Waals surface area contributed by atoms with Gasteiger partial charge in [0.2, 0.25) is 0 Å². The number of rotatable bonds is 7. The first-order valence-corrected chi connectivity index (χ1v) is 8.00. The fourth-order valence-electron chi connectivity index (χ4n) is 2.78. The zero-order valence-electron chi connectivity index (χ0n) is 13.6. The van der Waals surface area contributed by atoms with Gasteiger partial charge in [0.1, 0.15) is 0 Å². The van der Waals surface area contributed by atoms with Gasteiger partial charge in [0.25, 0.3) is 0 Å². The lowest BCUT2D eigenvalue weighted by Crippen LogP contribution is -2.28. The third-order valence-corrected chi connectivity index (χ3v) is 4.32. The topological polar surface area (TPSA) is 29.3 Å². The number of fused-ring (bicyclic) bond motifs is 1. The van der Waals surface area contributed by atoms with Gasteiger partial charge in [-0.2, -0.15) is 0 Å². The second-order valence-corrected chi connectivity index (χ2v) is 6.55. The zero-order chi connectivity index (χ0) is 15.3. The molecule has 0 aliphatic heterocycles. The highest BCUT2D eigenvalue weighted by Gasteiger charge is 2.16. The Hall–Kier alpha value is -1.54. The summed E-state index contributed by atoms with van der Waals surface area (Å²) in [6, 6.07) is 15.2. The van der Waals surface area contributed by atoms with Crippen LogP contribution in [-0.2, 0) is 0 Å². The van der Waals surface area contributed by atoms with Crippen molar-refractivity contribution in [3.8, 4) is 0 Å². The number of nitrogens with two attached hydrogens (primary N) is 1. The van der Waals surface area contributed by atoms with Gasteiger partial charge in [-0.15, -0.1) is 0 Å². The molecule has 0 amide bonds. The molecule has 2 N–H and O–H groups in total. The molecule has 2 aromatic rings. The van der Waals surface area contributed by atoms with E-state index in [4.69, 9.17) is 5.73 Å². The SMILES string of the molecule is CCN(CCCC(C)(C)CN)c1cccc2ccccc12. The quantitative estimate of drug-likeness (QED) is 0.815. The van der Waals surface area contributed by atoms with Crippen LogP contribution in [-0.4, -0.2) is 19.6 Å². The summed E-state index contributed by atoms with van der Waals surface area (Å²) in [5.74, 6) is 0. The molecule has 2 rings (SSSR count). The molecule has 2 nitrogen and oxygen atoms in total. The monoisotopic (exact) mass is 284 g/mol. The predicted octanol–water partition coefficient (Wildman–Crippen LogP) is 4.43. The molecule has 114 valence electrons. The number of hydrogen-bond acceptors (Lipinski definition) is 2. The summed E-state index contributed by atoms with van der Waals surface area (Å²) in [7, 11) is 0. The first-order chi connectivity index (χ1) is 10.1. The Bertz CT molecular complexity index is 569. The summed E-state index contributed by atoms with van der Waals surface area (Å²) in [5.41, 5.74) is 7.42. The molecule has 0 saturated carbocycles. The van der Waals surface area contributed by atoms with E-state index in [1.807, 2.05) is 0 Å². The van der Waals surface area contributed by atoms with Crippen LogP contribution in [0.15, 0.2) is 42.5 Å². The molecule has 21 heavy (non-hydrogen) atoms. The predicted molar refractivity (Wildman–Crippen MR) is 93.9 cm³/mol. The van der Waals surface area contributed by atoms with Crippen LogP contribution in [0.2, 0.25) is 0 Å². The third kappa shape index (κ3) is 3.98. The molecule has 0 bridgehead atoms. The lowest BCUT2D eigenvalue weighted by molar-refractivity contribution is 0.338. The van der Waals surface area contributed by atoms with E-state index in [0.29, 0.717) is 0 Å². The zero-order valence-corrected chi connectivity index (χ0v) is 13.6. The Morgan fingerprint density at radius 3 is 2.48 bits per heavy atom. The molecule has 0 atom stereocenters. The van der Waals surface area contributed by atoms with Gasteiger partial charge in [0.05, 0.1) is 0 Å². The maximum atomic E-state index is 5.83. The van der Waals surface area contributed by atoms with E-state index in [2.05, 4.69) is 68.1 Å². The molecular formula is C19H28N2. The first-order valence-electron chi connectivity index (χ1n) is 8.00. The van der Waals surface area contributed by atoms with Gasteiger partial charge in [-0.05, 0) is 43.2 Å². The lowest BCUT2D eigenvalue weighted by atomic mass is 9.88. The highest BCUT2D eigenvalue weighted by Crippen LogP contribution is 2.28. The van der Waals surface area contributed by atoms with Gasteiger partial charge in [-0.25, -0.2) is 0 Å². The number of hydrogen-bond donors (Lipinski definition) is 1. The van der Waals surface area contributed by atoms with Crippen LogP contribution in [0.5, 0.6) is 0 Å². The third-order valence-electron chi connectivity index (χ3n) is 4.32. The van der Waals surface area contributed by atoms with Gasteiger partial charge in [-0.1, -0.05) is 50.2 Å². The van der Waals surface area contributed by atoms with Crippen molar-refractivity contribution >= 4 is 16.5 Å². The van der Waals surface area contributed by atoms with Crippen molar-refractivity contribution < 1.29 is 0 Å². The number of benzene rings is 2. The smallest absolute Gasteiger partial charge is 0.0445 e. The highest BCUT2D eigenvalue weighted by molar-refractivity contribution is 5.94. The first kappa shape index (κ1) is 15.8. The Morgan fingerprint density at radius 1 is 1.05 bits per heavy atom. The fourth-order valence-corrected chi connectivity index (χ4v) is 2.78. The Balaban J connectivity index is 2.13. The molecule has 0 unspecified atom stereocenters. The normalized spacial score (nSPS) is 11.8. The molecule has 0 aliphatic rings. The van der Waals surface area contributed by atoms with Crippen molar-refractivity contribution in [3.05, 3.63) is 42.5 Å². The van der Waals surface area contributed by atoms with Gasteiger partial charge < -0.3 is 10.6 Å². The summed E-state index contributed by atoms with van der Waals surface area (Å²) in [6.07, 6.45) is 2.35. The summed E-state index contributed by atoms with van der Waals surface area (Å²) in [4.78, 5) is 2.48. The summed E-state index contributed by atoms with van der Waals surface area (Å²) < 4.78 is 0. The molecule has 0 fully saturated rings. The number of anilines is 1. The largest absolute Gasteiger partial charge is 0.371 e. The molecular weight excluding hydrogens is 256 g/mol. The Labute approximate surface area is 128 Å². The van der Waals surface area contributed by atoms with Crippen LogP contribution in [0.1, 0.15) is 33.6 Å². The average Bonchev–Trinajstić information content (AvgIpc) is 2.51. The number of nitrogens with zero attached hydrogens (tertiary/aromatic N) is 1. The Kier molecular flexibility index (Phi) is 5.24. The second-order valence-electron chi connectivity index (χ2n) is 6.55. The van der Waals surface area contributed by atoms with E-state index in [9.17, 15) is 0 Å². The maximum absolute atomic E-state index is 5.83. The van der Waals surface area contributed by atoms with Crippen LogP contribution >= 0.6 is 0 Å². The van der Waals surface area contributed by atoms with E-state index in [0.717, 1.165) is 19.6 Å². The Morgan fingerprint density at radius 2 is 1.76 bits per heavy atom. The van der Waals surface area contributed by atoms with Gasteiger partial charge >= 0.3 is 0 Å². The molecule has 2 heteroatoms. The molecule has 2 aromatic carbocycles. The molecule has 0 saturated heterocycles. The van der Waals surface area contributed by atoms with Crippen LogP contribution in [0.4, 0.5) is 5.69 Å². The van der Waals surface area contributed by atoms with Crippen LogP contribution < -0.4 is 10.6 Å². The molecule has 0 aromatic heterocycles. The molecule has 0 radical (unpaired) electrons. The average molecular weight is 284 g/mol. The van der Waals surface area contributed by atoms with E-state index in [-0.39, 0.29) is 5.41 Å². The van der Waals surface area contributed by atoms with E-state index < -0.39 is 0 Å². The van der Waals surface area contributed by atoms with E-state index >= 15 is 0 Å². The van der Waals surface area contributed by atoms with Crippen LogP contribution in [0.25, 0.3) is 10.8 Å². The van der Waals surface area contributed by atoms with Gasteiger partial charge in [0.15, 0.2) is 0 Å². The van der Waals surface area contributed by atoms with E-state index in [1.165, 1.54) is 29.3 Å². The summed E-state index contributed by atoms with van der Waals surface area (Å²) in [5, 5.41) is 2.66. The van der Waals surface area contributed by atoms with Gasteiger partial charge in [0, 0.05) is 24.2 Å². The van der Waals surface area contributed by atoms with Crippen molar-refractivity contribution in [2.45, 2.75) is 33.6 Å². The van der Waals surface area contributed by atoms with E-state index in [1.54, 1.807) is 0 Å². The highest BCUT2D eigenvalue weighted by atomic mass is 15.1. The molecule has 0 aliphatic carbocycles. The lowest BCUT2D eigenvalue weighted by Gasteiger charge is -2.28. The maximum Gasteiger partial charge on any atom is 0.0445 e. The standard InChI is InChI=1S/C19H28N2/c1-4-21(14-8-13-19(2,3)15-20)18-12-7-10-16-9-5-6-11-17(16)18/h5-7,9-12H,4,8,13-15,20H2,1-3H3. The minimum absolute atomic E-state index is 0.248. The molecule has 0 heterocycles. The van der Waals surface area contributed by atoms with Crippen molar-refractivity contribution in [2.75, 3.05) is 24.5 Å². The van der Waals surface area contributed by atoms with Crippen molar-refractivity contribution in [3.63, 3.8) is 0 Å². The minimum atomic E-state index is 0.248. The van der Waals surface area contributed by atoms with Crippen LogP contribution in [0.3, 0.4) is 0 Å². The van der Waals surface area contributed by atoms with Gasteiger partial charge in [-0.3, -0.25) is 0 Å². The minimum Gasteiger partial charge on any atom is -0.371 e. The fraction of sp³-hybridized carbons (Fsp3) is 0.474. The summed E-state index contributed by atoms with van der Waals surface area (Å²) in [6.45, 7) is 9.62. The van der Waals surface area contributed by atoms with Crippen LogP contribution in [0, 0.1) is 5.41 Å². The van der Waals surface area contributed by atoms with Crippen molar-refractivity contribution in [1.29, 1.82) is 0 Å². The van der Waals surface area contributed by atoms with Crippen molar-refractivity contribution in [1.82, 2.24) is 0 Å². The van der Waals surface area contributed by atoms with Crippen molar-refractivity contribution in [2.24, 2.45) is 11.1 Å². The molecule has 0 spiro atoms. The second kappa shape index (κ2) is 6.95. The summed E-state index contributed by atoms with van der Waals surface area (Å²) >= 11 is 0.